The van der Waals surface area contributed by atoms with Gasteiger partial charge in [-0.15, -0.1) is 0 Å². The third-order valence-corrected chi connectivity index (χ3v) is 2.98. The van der Waals surface area contributed by atoms with Gasteiger partial charge in [-0.1, -0.05) is 26.0 Å². The van der Waals surface area contributed by atoms with E-state index < -0.39 is 0 Å². The van der Waals surface area contributed by atoms with Crippen molar-refractivity contribution in [3.8, 4) is 5.75 Å². The van der Waals surface area contributed by atoms with Gasteiger partial charge in [0.05, 0.1) is 5.69 Å². The molecule has 0 spiro atoms. The molecule has 0 aliphatic heterocycles. The maximum absolute atomic E-state index is 9.30. The van der Waals surface area contributed by atoms with Crippen LogP contribution in [-0.4, -0.2) is 14.9 Å². The lowest BCUT2D eigenvalue weighted by molar-refractivity contribution is 0.468. The lowest BCUT2D eigenvalue weighted by Crippen LogP contribution is -2.10. The van der Waals surface area contributed by atoms with E-state index in [0.29, 0.717) is 18.2 Å². The van der Waals surface area contributed by atoms with Crippen LogP contribution in [0.4, 0.5) is 0 Å². The summed E-state index contributed by atoms with van der Waals surface area (Å²) in [7, 11) is 0. The Morgan fingerprint density at radius 3 is 2.53 bits per heavy atom. The van der Waals surface area contributed by atoms with E-state index in [1.54, 1.807) is 12.1 Å². The Bertz CT molecular complexity index is 529. The summed E-state index contributed by atoms with van der Waals surface area (Å²) in [6.07, 6.45) is 0.806. The number of nitrogens with two attached hydrogens (primary N) is 1. The van der Waals surface area contributed by atoms with E-state index in [0.717, 1.165) is 24.2 Å². The van der Waals surface area contributed by atoms with Gasteiger partial charge in [-0.25, -0.2) is 0 Å². The highest BCUT2D eigenvalue weighted by Crippen LogP contribution is 2.16. The van der Waals surface area contributed by atoms with Crippen LogP contribution in [0.15, 0.2) is 30.3 Å². The predicted molar refractivity (Wildman–Crippen MR) is 75.9 cm³/mol. The number of rotatable bonds is 5. The van der Waals surface area contributed by atoms with E-state index in [1.165, 1.54) is 5.69 Å². The average molecular weight is 259 g/mol. The number of hydrogen-bond donors (Lipinski definition) is 2. The molecule has 2 aromatic rings. The van der Waals surface area contributed by atoms with Crippen LogP contribution in [0.25, 0.3) is 0 Å². The lowest BCUT2D eigenvalue weighted by atomic mass is 10.1. The molecule has 19 heavy (non-hydrogen) atoms. The first kappa shape index (κ1) is 13.6. The second-order valence-electron chi connectivity index (χ2n) is 5.25. The molecule has 0 radical (unpaired) electrons. The van der Waals surface area contributed by atoms with Gasteiger partial charge >= 0.3 is 0 Å². The number of phenolic OH excluding ortho intramolecular Hbond substituents is 1. The molecule has 0 aliphatic carbocycles. The molecular weight excluding hydrogens is 238 g/mol. The highest BCUT2D eigenvalue weighted by Gasteiger charge is 2.09. The minimum atomic E-state index is 0.294. The second kappa shape index (κ2) is 5.89. The monoisotopic (exact) mass is 259 g/mol. The van der Waals surface area contributed by atoms with Crippen molar-refractivity contribution >= 4 is 0 Å². The molecule has 0 saturated carbocycles. The largest absolute Gasteiger partial charge is 0.508 e. The van der Waals surface area contributed by atoms with E-state index in [9.17, 15) is 5.11 Å². The maximum Gasteiger partial charge on any atom is 0.115 e. The third kappa shape index (κ3) is 3.58. The normalized spacial score (nSPS) is 11.2. The van der Waals surface area contributed by atoms with E-state index in [1.807, 2.05) is 16.8 Å². The molecule has 0 saturated heterocycles. The smallest absolute Gasteiger partial charge is 0.115 e. The Morgan fingerprint density at radius 2 is 1.95 bits per heavy atom. The number of benzene rings is 1. The van der Waals surface area contributed by atoms with Crippen LogP contribution in [0, 0.1) is 5.92 Å². The van der Waals surface area contributed by atoms with Gasteiger partial charge in [0.1, 0.15) is 5.75 Å². The van der Waals surface area contributed by atoms with Crippen LogP contribution < -0.4 is 5.73 Å². The fourth-order valence-electron chi connectivity index (χ4n) is 2.08. The third-order valence-electron chi connectivity index (χ3n) is 2.98. The molecule has 0 fully saturated rings. The van der Waals surface area contributed by atoms with Gasteiger partial charge in [0.15, 0.2) is 0 Å². The van der Waals surface area contributed by atoms with Crippen molar-refractivity contribution in [1.82, 2.24) is 9.78 Å². The van der Waals surface area contributed by atoms with E-state index in [-0.39, 0.29) is 0 Å². The zero-order valence-electron chi connectivity index (χ0n) is 11.5. The number of hydrogen-bond acceptors (Lipinski definition) is 3. The number of nitrogens with zero attached hydrogens (tertiary/aromatic N) is 2. The van der Waals surface area contributed by atoms with Crippen LogP contribution in [0.1, 0.15) is 30.8 Å². The van der Waals surface area contributed by atoms with Crippen molar-refractivity contribution < 1.29 is 5.11 Å². The molecule has 102 valence electrons. The Morgan fingerprint density at radius 1 is 1.26 bits per heavy atom. The molecule has 3 N–H and O–H groups in total. The molecule has 0 unspecified atom stereocenters. The predicted octanol–water partition coefficient (Wildman–Crippen LogP) is 2.29. The van der Waals surface area contributed by atoms with Gasteiger partial charge in [-0.3, -0.25) is 4.68 Å². The van der Waals surface area contributed by atoms with E-state index >= 15 is 0 Å². The van der Waals surface area contributed by atoms with Crippen molar-refractivity contribution in [2.24, 2.45) is 11.7 Å². The first-order chi connectivity index (χ1) is 9.08. The molecule has 0 bridgehead atoms. The molecule has 1 aromatic heterocycles. The molecule has 0 atom stereocenters. The molecule has 4 nitrogen and oxygen atoms in total. The molecule has 0 amide bonds. The van der Waals surface area contributed by atoms with E-state index in [2.05, 4.69) is 25.0 Å². The van der Waals surface area contributed by atoms with Crippen molar-refractivity contribution in [2.75, 3.05) is 0 Å². The van der Waals surface area contributed by atoms with Crippen LogP contribution in [0.2, 0.25) is 0 Å². The zero-order valence-corrected chi connectivity index (χ0v) is 11.5. The molecular formula is C15H21N3O. The topological polar surface area (TPSA) is 64.1 Å². The van der Waals surface area contributed by atoms with Gasteiger partial charge in [-0.05, 0) is 29.7 Å². The highest BCUT2D eigenvalue weighted by molar-refractivity contribution is 5.29. The van der Waals surface area contributed by atoms with Crippen LogP contribution in [-0.2, 0) is 19.5 Å². The summed E-state index contributed by atoms with van der Waals surface area (Å²) in [5, 5.41) is 13.8. The zero-order chi connectivity index (χ0) is 13.8. The Balaban J connectivity index is 2.22. The first-order valence-electron chi connectivity index (χ1n) is 6.62. The Labute approximate surface area is 113 Å². The van der Waals surface area contributed by atoms with Gasteiger partial charge in [0.25, 0.3) is 0 Å². The minimum absolute atomic E-state index is 0.294. The summed E-state index contributed by atoms with van der Waals surface area (Å²) in [6, 6.07) is 9.36. The van der Waals surface area contributed by atoms with Crippen molar-refractivity contribution in [3.05, 3.63) is 47.3 Å². The van der Waals surface area contributed by atoms with Crippen LogP contribution >= 0.6 is 0 Å². The van der Waals surface area contributed by atoms with Gasteiger partial charge in [0, 0.05) is 25.2 Å². The summed E-state index contributed by atoms with van der Waals surface area (Å²) >= 11 is 0. The maximum atomic E-state index is 9.30. The fraction of sp³-hybridized carbons (Fsp3) is 0.400. The Hall–Kier alpha value is -1.81. The van der Waals surface area contributed by atoms with Crippen molar-refractivity contribution in [3.63, 3.8) is 0 Å². The second-order valence-corrected chi connectivity index (χ2v) is 5.25. The van der Waals surface area contributed by atoms with E-state index in [4.69, 9.17) is 5.73 Å². The van der Waals surface area contributed by atoms with Gasteiger partial charge < -0.3 is 10.8 Å². The molecule has 2 rings (SSSR count). The number of aromatic nitrogens is 2. The average Bonchev–Trinajstić information content (AvgIpc) is 2.74. The molecule has 4 heteroatoms. The van der Waals surface area contributed by atoms with Crippen molar-refractivity contribution in [2.45, 2.75) is 33.4 Å². The standard InChI is InChI=1S/C15H21N3O/c1-11(2)10-18-14(8-13(9-16)17-18)7-12-3-5-15(19)6-4-12/h3-6,8,11,19H,7,9-10,16H2,1-2H3. The highest BCUT2D eigenvalue weighted by atomic mass is 16.3. The van der Waals surface area contributed by atoms with Crippen LogP contribution in [0.3, 0.4) is 0 Å². The summed E-state index contributed by atoms with van der Waals surface area (Å²) in [5.74, 6) is 0.839. The summed E-state index contributed by atoms with van der Waals surface area (Å²) in [5.41, 5.74) is 8.92. The SMILES string of the molecule is CC(C)Cn1nc(CN)cc1Cc1ccc(O)cc1. The number of phenols is 1. The van der Waals surface area contributed by atoms with Crippen LogP contribution in [0.5, 0.6) is 5.75 Å². The summed E-state index contributed by atoms with van der Waals surface area (Å²) in [6.45, 7) is 5.71. The summed E-state index contributed by atoms with van der Waals surface area (Å²) < 4.78 is 2.04. The fourth-order valence-corrected chi connectivity index (χ4v) is 2.08. The molecule has 1 aromatic carbocycles. The van der Waals surface area contributed by atoms with Gasteiger partial charge in [-0.2, -0.15) is 5.10 Å². The summed E-state index contributed by atoms with van der Waals surface area (Å²) in [4.78, 5) is 0. The molecule has 0 aliphatic rings. The molecule has 1 heterocycles. The Kier molecular flexibility index (Phi) is 4.22. The minimum Gasteiger partial charge on any atom is -0.508 e. The quantitative estimate of drug-likeness (QED) is 0.866. The van der Waals surface area contributed by atoms with Gasteiger partial charge in [0.2, 0.25) is 0 Å². The van der Waals surface area contributed by atoms with Crippen molar-refractivity contribution in [1.29, 1.82) is 0 Å². The number of aromatic hydroxyl groups is 1. The first-order valence-corrected chi connectivity index (χ1v) is 6.62. The lowest BCUT2D eigenvalue weighted by Gasteiger charge is -2.10.